The summed E-state index contributed by atoms with van der Waals surface area (Å²) in [5, 5.41) is 11.2. The van der Waals surface area contributed by atoms with Crippen LogP contribution in [0.3, 0.4) is 0 Å². The summed E-state index contributed by atoms with van der Waals surface area (Å²) in [6, 6.07) is 0. The number of aryl methyl sites for hydroxylation is 1. The van der Waals surface area contributed by atoms with Crippen molar-refractivity contribution in [2.75, 3.05) is 26.7 Å². The molecule has 1 aliphatic heterocycles. The zero-order chi connectivity index (χ0) is 18.7. The van der Waals surface area contributed by atoms with Gasteiger partial charge in [-0.15, -0.1) is 35.3 Å². The number of aliphatic imine (C=N–C) groups is 1. The van der Waals surface area contributed by atoms with Crippen LogP contribution in [0.1, 0.15) is 49.4 Å². The number of guanidine groups is 1. The summed E-state index contributed by atoms with van der Waals surface area (Å²) >= 11 is 1.75. The van der Waals surface area contributed by atoms with Crippen LogP contribution in [0.5, 0.6) is 0 Å². The van der Waals surface area contributed by atoms with Crippen molar-refractivity contribution in [3.63, 3.8) is 0 Å². The van der Waals surface area contributed by atoms with Gasteiger partial charge in [-0.25, -0.2) is 4.98 Å². The number of hydrogen-bond donors (Lipinski definition) is 1. The molecule has 3 heterocycles. The first kappa shape index (κ1) is 22.1. The molecule has 0 saturated carbocycles. The molecule has 6 nitrogen and oxygen atoms in total. The lowest BCUT2D eigenvalue weighted by atomic mass is 9.93. The first-order valence-corrected chi connectivity index (χ1v) is 10.1. The summed E-state index contributed by atoms with van der Waals surface area (Å²) in [6.07, 6.45) is 6.19. The molecule has 0 aromatic carbocycles. The second-order valence-corrected chi connectivity index (χ2v) is 8.92. The summed E-state index contributed by atoms with van der Waals surface area (Å²) < 4.78 is 1.88. The van der Waals surface area contributed by atoms with Gasteiger partial charge in [-0.2, -0.15) is 5.10 Å². The summed E-state index contributed by atoms with van der Waals surface area (Å²) in [7, 11) is 3.83. The van der Waals surface area contributed by atoms with Gasteiger partial charge in [0.1, 0.15) is 0 Å². The Labute approximate surface area is 183 Å². The van der Waals surface area contributed by atoms with Crippen LogP contribution < -0.4 is 5.32 Å². The Morgan fingerprint density at radius 1 is 1.41 bits per heavy atom. The Kier molecular flexibility index (Phi) is 7.67. The molecule has 0 spiro atoms. The maximum atomic E-state index is 4.77. The number of halogens is 1. The van der Waals surface area contributed by atoms with Gasteiger partial charge in [0.05, 0.1) is 16.9 Å². The Hall–Kier alpha value is -1.16. The van der Waals surface area contributed by atoms with E-state index in [1.54, 1.807) is 11.3 Å². The number of thiazole rings is 1. The minimum atomic E-state index is 0. The Morgan fingerprint density at radius 2 is 2.19 bits per heavy atom. The average molecular weight is 502 g/mol. The molecule has 8 heteroatoms. The first-order chi connectivity index (χ1) is 12.4. The van der Waals surface area contributed by atoms with Crippen LogP contribution in [0.25, 0.3) is 0 Å². The van der Waals surface area contributed by atoms with Gasteiger partial charge in [-0.1, -0.05) is 20.8 Å². The van der Waals surface area contributed by atoms with Crippen LogP contribution in [-0.4, -0.2) is 52.3 Å². The SMILES string of the molecule is CN=C(NCCc1nc(C(C)(C)C)cs1)N1CCC(c2cnn(C)c2)C1.I. The second-order valence-electron chi connectivity index (χ2n) is 7.98. The topological polar surface area (TPSA) is 58.3 Å². The fraction of sp³-hybridized carbons (Fsp3) is 0.632. The van der Waals surface area contributed by atoms with Crippen molar-refractivity contribution >= 4 is 41.3 Å². The molecule has 150 valence electrons. The van der Waals surface area contributed by atoms with Crippen LogP contribution in [0.15, 0.2) is 22.8 Å². The Bertz CT molecular complexity index is 760. The molecule has 0 amide bonds. The second kappa shape index (κ2) is 9.36. The van der Waals surface area contributed by atoms with Crippen molar-refractivity contribution in [1.82, 2.24) is 25.0 Å². The van der Waals surface area contributed by atoms with Crippen molar-refractivity contribution in [3.8, 4) is 0 Å². The molecular weight excluding hydrogens is 471 g/mol. The maximum Gasteiger partial charge on any atom is 0.193 e. The fourth-order valence-electron chi connectivity index (χ4n) is 3.26. The van der Waals surface area contributed by atoms with E-state index >= 15 is 0 Å². The maximum absolute atomic E-state index is 4.77. The van der Waals surface area contributed by atoms with Crippen LogP contribution in [0.4, 0.5) is 0 Å². The van der Waals surface area contributed by atoms with E-state index in [0.717, 1.165) is 38.4 Å². The zero-order valence-corrected chi connectivity index (χ0v) is 20.0. The quantitative estimate of drug-likeness (QED) is 0.396. The highest BCUT2D eigenvalue weighted by molar-refractivity contribution is 14.0. The fourth-order valence-corrected chi connectivity index (χ4v) is 4.28. The summed E-state index contributed by atoms with van der Waals surface area (Å²) in [5.74, 6) is 1.53. The monoisotopic (exact) mass is 502 g/mol. The lowest BCUT2D eigenvalue weighted by Gasteiger charge is -2.21. The smallest absolute Gasteiger partial charge is 0.193 e. The van der Waals surface area contributed by atoms with E-state index in [1.165, 1.54) is 16.3 Å². The minimum absolute atomic E-state index is 0. The molecule has 0 bridgehead atoms. The summed E-state index contributed by atoms with van der Waals surface area (Å²) in [5.41, 5.74) is 2.62. The molecule has 2 aromatic rings. The number of hydrogen-bond acceptors (Lipinski definition) is 4. The van der Waals surface area contributed by atoms with E-state index in [9.17, 15) is 0 Å². The van der Waals surface area contributed by atoms with Crippen molar-refractivity contribution in [3.05, 3.63) is 34.0 Å². The number of aromatic nitrogens is 3. The molecule has 1 N–H and O–H groups in total. The molecule has 0 aliphatic carbocycles. The van der Waals surface area contributed by atoms with Crippen molar-refractivity contribution in [2.24, 2.45) is 12.0 Å². The van der Waals surface area contributed by atoms with Crippen LogP contribution in [0.2, 0.25) is 0 Å². The van der Waals surface area contributed by atoms with Crippen molar-refractivity contribution < 1.29 is 0 Å². The van der Waals surface area contributed by atoms with Crippen LogP contribution in [0, 0.1) is 0 Å². The molecule has 1 atom stereocenters. The van der Waals surface area contributed by atoms with Crippen LogP contribution >= 0.6 is 35.3 Å². The standard InChI is InChI=1S/C19H30N6S.HI/c1-19(2,3)16-13-26-17(23-16)6-8-21-18(20-4)25-9-7-14(12-25)15-10-22-24(5)11-15;/h10-11,13-14H,6-9,12H2,1-5H3,(H,20,21);1H. The van der Waals surface area contributed by atoms with Gasteiger partial charge in [-0.05, 0) is 12.0 Å². The lowest BCUT2D eigenvalue weighted by molar-refractivity contribution is 0.486. The Balaban J connectivity index is 0.00000261. The lowest BCUT2D eigenvalue weighted by Crippen LogP contribution is -2.40. The van der Waals surface area contributed by atoms with E-state index in [2.05, 4.69) is 52.7 Å². The molecule has 0 radical (unpaired) electrons. The number of likely N-dealkylation sites (tertiary alicyclic amines) is 1. The third-order valence-electron chi connectivity index (χ3n) is 4.84. The Morgan fingerprint density at radius 3 is 2.78 bits per heavy atom. The average Bonchev–Trinajstić information content (AvgIpc) is 3.31. The molecule has 27 heavy (non-hydrogen) atoms. The summed E-state index contributed by atoms with van der Waals surface area (Å²) in [4.78, 5) is 11.6. The number of nitrogens with one attached hydrogen (secondary N) is 1. The minimum Gasteiger partial charge on any atom is -0.356 e. The van der Waals surface area contributed by atoms with Gasteiger partial charge in [0.15, 0.2) is 5.96 Å². The normalized spacial score (nSPS) is 17.9. The van der Waals surface area contributed by atoms with Crippen LogP contribution in [-0.2, 0) is 18.9 Å². The molecule has 1 aliphatic rings. The van der Waals surface area contributed by atoms with Crippen molar-refractivity contribution in [1.29, 1.82) is 0 Å². The first-order valence-electron chi connectivity index (χ1n) is 9.26. The van der Waals surface area contributed by atoms with E-state index in [1.807, 2.05) is 25.0 Å². The van der Waals surface area contributed by atoms with Crippen molar-refractivity contribution in [2.45, 2.75) is 44.9 Å². The molecular formula is C19H31IN6S. The largest absolute Gasteiger partial charge is 0.356 e. The van der Waals surface area contributed by atoms with Gasteiger partial charge < -0.3 is 10.2 Å². The third kappa shape index (κ3) is 5.66. The van der Waals surface area contributed by atoms with E-state index in [0.29, 0.717) is 5.92 Å². The predicted molar refractivity (Wildman–Crippen MR) is 123 cm³/mol. The van der Waals surface area contributed by atoms with E-state index in [4.69, 9.17) is 4.98 Å². The number of rotatable bonds is 4. The van der Waals surface area contributed by atoms with E-state index in [-0.39, 0.29) is 29.4 Å². The van der Waals surface area contributed by atoms with Gasteiger partial charge in [0.25, 0.3) is 0 Å². The molecule has 2 aromatic heterocycles. The zero-order valence-electron chi connectivity index (χ0n) is 16.9. The number of nitrogens with zero attached hydrogens (tertiary/aromatic N) is 5. The van der Waals surface area contributed by atoms with Gasteiger partial charge in [0.2, 0.25) is 0 Å². The molecule has 1 saturated heterocycles. The molecule has 1 fully saturated rings. The summed E-state index contributed by atoms with van der Waals surface area (Å²) in [6.45, 7) is 9.51. The molecule has 3 rings (SSSR count). The highest BCUT2D eigenvalue weighted by Crippen LogP contribution is 2.27. The third-order valence-corrected chi connectivity index (χ3v) is 5.75. The van der Waals surface area contributed by atoms with Gasteiger partial charge >= 0.3 is 0 Å². The molecule has 1 unspecified atom stereocenters. The van der Waals surface area contributed by atoms with Gasteiger partial charge in [0, 0.05) is 63.1 Å². The predicted octanol–water partition coefficient (Wildman–Crippen LogP) is 3.40. The highest BCUT2D eigenvalue weighted by Gasteiger charge is 2.26. The van der Waals surface area contributed by atoms with E-state index < -0.39 is 0 Å². The highest BCUT2D eigenvalue weighted by atomic mass is 127. The van der Waals surface area contributed by atoms with Gasteiger partial charge in [-0.3, -0.25) is 9.67 Å².